The quantitative estimate of drug-likeness (QED) is 0.142. The molecule has 16 rings (SSSR count). The van der Waals surface area contributed by atoms with Crippen LogP contribution in [-0.2, 0) is 56.2 Å². The van der Waals surface area contributed by atoms with Crippen LogP contribution in [0.5, 0.6) is 0 Å². The van der Waals surface area contributed by atoms with Crippen LogP contribution in [-0.4, -0.2) is 38.3 Å². The van der Waals surface area contributed by atoms with Crippen LogP contribution < -0.4 is 0 Å². The van der Waals surface area contributed by atoms with E-state index in [0.29, 0.717) is 0 Å². The number of hydrogen-bond acceptors (Lipinski definition) is 4. The fourth-order valence-corrected chi connectivity index (χ4v) is 11.1. The van der Waals surface area contributed by atoms with E-state index in [2.05, 4.69) is 213 Å². The van der Waals surface area contributed by atoms with Gasteiger partial charge in [0.2, 0.25) is 0 Å². The Morgan fingerprint density at radius 2 is 0.603 bits per heavy atom. The van der Waals surface area contributed by atoms with Crippen LogP contribution in [0.4, 0.5) is 0 Å². The van der Waals surface area contributed by atoms with Crippen molar-refractivity contribution in [2.75, 3.05) is 0 Å². The molecule has 0 amide bonds. The van der Waals surface area contributed by atoms with Crippen LogP contribution >= 0.6 is 0 Å². The number of pyridine rings is 2. The Bertz CT molecular complexity index is 4620. The van der Waals surface area contributed by atoms with Crippen molar-refractivity contribution in [2.45, 2.75) is 13.8 Å². The van der Waals surface area contributed by atoms with Crippen LogP contribution in [0.2, 0.25) is 0 Å². The molecule has 8 aromatic heterocycles. The van der Waals surface area contributed by atoms with Crippen molar-refractivity contribution in [3.8, 4) is 0 Å². The molecule has 8 aromatic carbocycles. The minimum atomic E-state index is 0. The Labute approximate surface area is 479 Å². The van der Waals surface area contributed by atoms with Crippen LogP contribution in [0.15, 0.2) is 219 Å². The molecule has 0 unspecified atom stereocenters. The largest absolute Gasteiger partial charge is 2.00 e. The van der Waals surface area contributed by atoms with Gasteiger partial charge in [0.15, 0.2) is 0 Å². The maximum atomic E-state index is 4.91. The minimum Gasteiger partial charge on any atom is -0.372 e. The Balaban J connectivity index is 0.000000130. The molecule has 10 heteroatoms. The third-order valence-corrected chi connectivity index (χ3v) is 14.2. The fourth-order valence-electron chi connectivity index (χ4n) is 11.1. The Hall–Kier alpha value is -8.54. The number of rotatable bonds is 0. The number of aromatic nitrogens is 8. The number of fused-ring (bicyclic) bond motifs is 20. The normalized spacial score (nSPS) is 11.1. The smallest absolute Gasteiger partial charge is 0.372 e. The molecule has 0 aliphatic heterocycles. The number of nitrogens with zero attached hydrogens (tertiary/aromatic N) is 8. The predicted molar refractivity (Wildman–Crippen MR) is 314 cm³/mol. The van der Waals surface area contributed by atoms with Crippen LogP contribution in [0, 0.1) is 38.4 Å². The summed E-state index contributed by atoms with van der Waals surface area (Å²) in [6, 6.07) is 75.8. The maximum absolute atomic E-state index is 4.91. The monoisotopic (exact) mass is 1370 g/mol. The third kappa shape index (κ3) is 9.05. The summed E-state index contributed by atoms with van der Waals surface area (Å²) in [7, 11) is 3.76. The second kappa shape index (κ2) is 21.8. The molecule has 0 spiro atoms. The molecule has 0 atom stereocenters. The van der Waals surface area contributed by atoms with Crippen molar-refractivity contribution in [1.82, 2.24) is 38.3 Å². The minimum absolute atomic E-state index is 0. The molecule has 0 saturated heterocycles. The molecule has 0 fully saturated rings. The molecule has 0 N–H and O–H groups in total. The molecule has 0 aliphatic carbocycles. The molecule has 0 radical (unpaired) electrons. The van der Waals surface area contributed by atoms with Gasteiger partial charge in [0.25, 0.3) is 0 Å². The Kier molecular flexibility index (Phi) is 14.4. The van der Waals surface area contributed by atoms with E-state index in [1.165, 1.54) is 86.4 Å². The summed E-state index contributed by atoms with van der Waals surface area (Å²) in [5.74, 6) is 0. The molecule has 16 aromatic rings. The summed E-state index contributed by atoms with van der Waals surface area (Å²) in [5, 5.41) is 26.9. The maximum Gasteiger partial charge on any atom is 2.00 e. The van der Waals surface area contributed by atoms with Gasteiger partial charge in [-0.15, -0.1) is 35.6 Å². The molecule has 0 saturated carbocycles. The predicted octanol–water partition coefficient (Wildman–Crippen LogP) is 16.0. The number of benzene rings is 8. The number of hydrogen-bond donors (Lipinski definition) is 0. The zero-order chi connectivity index (χ0) is 51.3. The molecule has 0 aliphatic rings. The van der Waals surface area contributed by atoms with Crippen molar-refractivity contribution >= 4 is 120 Å². The summed E-state index contributed by atoms with van der Waals surface area (Å²) in [6.45, 7) is 3.93. The van der Waals surface area contributed by atoms with E-state index in [9.17, 15) is 0 Å². The van der Waals surface area contributed by atoms with E-state index in [4.69, 9.17) is 9.97 Å². The fraction of sp³-hybridized carbons (Fsp3) is 0.0588. The second-order valence-corrected chi connectivity index (χ2v) is 19.1. The van der Waals surface area contributed by atoms with Gasteiger partial charge in [-0.25, -0.2) is 9.97 Å². The molecular formula is C68H48N8Pt2. The first-order valence-corrected chi connectivity index (χ1v) is 25.3. The number of aryl methyl sites for hydroxylation is 4. The molecule has 8 nitrogen and oxygen atoms in total. The van der Waals surface area contributed by atoms with Gasteiger partial charge in [0, 0.05) is 59.1 Å². The third-order valence-electron chi connectivity index (χ3n) is 14.2. The van der Waals surface area contributed by atoms with E-state index >= 15 is 0 Å². The molecule has 78 heavy (non-hydrogen) atoms. The van der Waals surface area contributed by atoms with Crippen molar-refractivity contribution in [1.29, 1.82) is 0 Å². The average molecular weight is 1370 g/mol. The summed E-state index contributed by atoms with van der Waals surface area (Å²) >= 11 is 0. The first kappa shape index (κ1) is 51.6. The standard InChI is InChI=1S/2C29H17N2.2C5H7N2.2Pt/c2*1-3-11-21-19(9-1)20-10-2-4-12-22(20)26-16-8-18-30-29(26)31-27-17-6-5-13-23(27)25-15-7-14-24(21)28(25)31;2*1-5-3-6-7(2)4-5;;/h2*1-16,18H;2*4H,1-2H3;;/q4*-1;2*+2. The molecule has 0 bridgehead atoms. The molecule has 8 heterocycles. The van der Waals surface area contributed by atoms with Gasteiger partial charge in [-0.05, 0) is 78.1 Å². The zero-order valence-corrected chi connectivity index (χ0v) is 47.5. The van der Waals surface area contributed by atoms with E-state index < -0.39 is 0 Å². The summed E-state index contributed by atoms with van der Waals surface area (Å²) in [5.41, 5.74) is 8.53. The molecular weight excluding hydrogens is 1320 g/mol. The van der Waals surface area contributed by atoms with Crippen LogP contribution in [0.1, 0.15) is 11.1 Å². The van der Waals surface area contributed by atoms with Crippen molar-refractivity contribution in [2.24, 2.45) is 14.1 Å². The second-order valence-electron chi connectivity index (χ2n) is 19.1. The Morgan fingerprint density at radius 1 is 0.321 bits per heavy atom. The topological polar surface area (TPSA) is 70.2 Å². The van der Waals surface area contributed by atoms with Gasteiger partial charge in [-0.2, -0.15) is 59.7 Å². The average Bonchev–Trinajstić information content (AvgIpc) is 4.36. The van der Waals surface area contributed by atoms with Gasteiger partial charge in [0.05, 0.1) is 0 Å². The summed E-state index contributed by atoms with van der Waals surface area (Å²) < 4.78 is 8.06. The zero-order valence-electron chi connectivity index (χ0n) is 43.0. The van der Waals surface area contributed by atoms with Gasteiger partial charge >= 0.3 is 42.1 Å². The first-order chi connectivity index (χ1) is 37.4. The summed E-state index contributed by atoms with van der Waals surface area (Å²) in [6.07, 6.45) is 13.2. The van der Waals surface area contributed by atoms with Crippen molar-refractivity contribution in [3.05, 3.63) is 255 Å². The van der Waals surface area contributed by atoms with Crippen LogP contribution in [0.3, 0.4) is 0 Å². The van der Waals surface area contributed by atoms with Crippen molar-refractivity contribution < 1.29 is 42.1 Å². The van der Waals surface area contributed by atoms with E-state index in [1.54, 1.807) is 9.36 Å². The number of para-hydroxylation sites is 4. The van der Waals surface area contributed by atoms with Crippen molar-refractivity contribution in [3.63, 3.8) is 0 Å². The van der Waals surface area contributed by atoms with E-state index in [0.717, 1.165) is 44.2 Å². The van der Waals surface area contributed by atoms with Gasteiger partial charge in [-0.3, -0.25) is 0 Å². The Morgan fingerprint density at radius 3 is 0.910 bits per heavy atom. The van der Waals surface area contributed by atoms with E-state index in [1.807, 2.05) is 77.0 Å². The van der Waals surface area contributed by atoms with Gasteiger partial charge in [0.1, 0.15) is 11.3 Å². The van der Waals surface area contributed by atoms with Crippen LogP contribution in [0.25, 0.3) is 120 Å². The SMILES string of the molecule is Cc1[c-]nn(C)c1.Cc1[c-]nn(C)c1.[Pt+2].[Pt+2].[c-]1cccc2c3cccc4c5ccccc5c5ccccc5c5cccnc5n(c12)c43.[c-]1cccc2c3cccc4c5ccccc5c5ccccc5c5cccnc5n(c12)c43. The van der Waals surface area contributed by atoms with Gasteiger partial charge in [-0.1, -0.05) is 158 Å². The molecule has 380 valence electrons. The summed E-state index contributed by atoms with van der Waals surface area (Å²) in [4.78, 5) is 9.83. The van der Waals surface area contributed by atoms with Gasteiger partial charge < -0.3 is 28.4 Å². The van der Waals surface area contributed by atoms with E-state index in [-0.39, 0.29) is 42.1 Å². The first-order valence-electron chi connectivity index (χ1n) is 25.3.